The number of carbonyl (C=O) groups excluding carboxylic acids is 1. The third-order valence-corrected chi connectivity index (χ3v) is 3.78. The molecule has 6 heteroatoms. The Balaban J connectivity index is 1.54. The molecule has 1 aliphatic heterocycles. The number of nitrogens with two attached hydrogens (primary N) is 1. The molecule has 2 atom stereocenters. The van der Waals surface area contributed by atoms with Gasteiger partial charge in [0.15, 0.2) is 17.6 Å². The van der Waals surface area contributed by atoms with E-state index in [4.69, 9.17) is 19.9 Å². The van der Waals surface area contributed by atoms with E-state index in [0.29, 0.717) is 17.9 Å². The number of esters is 1. The van der Waals surface area contributed by atoms with Crippen molar-refractivity contribution in [2.75, 3.05) is 6.79 Å². The van der Waals surface area contributed by atoms with Crippen LogP contribution < -0.4 is 15.2 Å². The molecule has 0 saturated carbocycles. The summed E-state index contributed by atoms with van der Waals surface area (Å²) >= 11 is 0. The van der Waals surface area contributed by atoms with Crippen molar-refractivity contribution >= 4 is 5.97 Å². The van der Waals surface area contributed by atoms with Crippen LogP contribution in [0.1, 0.15) is 11.1 Å². The quantitative estimate of drug-likeness (QED) is 0.778. The minimum Gasteiger partial charge on any atom is -0.459 e. The molecule has 6 nitrogen and oxygen atoms in total. The third-order valence-electron chi connectivity index (χ3n) is 3.78. The molecule has 0 amide bonds. The molecule has 0 aromatic heterocycles. The summed E-state index contributed by atoms with van der Waals surface area (Å²) < 4.78 is 15.6. The van der Waals surface area contributed by atoms with Crippen LogP contribution in [0.25, 0.3) is 0 Å². The van der Waals surface area contributed by atoms with Gasteiger partial charge in [0.1, 0.15) is 6.61 Å². The maximum atomic E-state index is 11.9. The van der Waals surface area contributed by atoms with Crippen molar-refractivity contribution in [3.63, 3.8) is 0 Å². The van der Waals surface area contributed by atoms with E-state index < -0.39 is 18.1 Å². The van der Waals surface area contributed by atoms with E-state index in [1.54, 1.807) is 12.1 Å². The summed E-state index contributed by atoms with van der Waals surface area (Å²) in [7, 11) is 0. The van der Waals surface area contributed by atoms with Crippen molar-refractivity contribution in [3.8, 4) is 11.5 Å². The topological polar surface area (TPSA) is 91.0 Å². The molecular weight excluding hydrogens is 310 g/mol. The first kappa shape index (κ1) is 16.3. The lowest BCUT2D eigenvalue weighted by atomic mass is 10.0. The van der Waals surface area contributed by atoms with Gasteiger partial charge in [-0.15, -0.1) is 0 Å². The Morgan fingerprint density at radius 3 is 2.67 bits per heavy atom. The van der Waals surface area contributed by atoms with Gasteiger partial charge in [-0.2, -0.15) is 0 Å². The fourth-order valence-corrected chi connectivity index (χ4v) is 2.44. The van der Waals surface area contributed by atoms with Gasteiger partial charge in [-0.3, -0.25) is 0 Å². The Bertz CT molecular complexity index is 704. The molecule has 3 N–H and O–H groups in total. The lowest BCUT2D eigenvalue weighted by Gasteiger charge is -2.18. The van der Waals surface area contributed by atoms with Gasteiger partial charge >= 0.3 is 5.97 Å². The molecule has 0 aliphatic carbocycles. The van der Waals surface area contributed by atoms with Crippen molar-refractivity contribution < 1.29 is 24.1 Å². The Morgan fingerprint density at radius 1 is 1.12 bits per heavy atom. The summed E-state index contributed by atoms with van der Waals surface area (Å²) in [5.74, 6) is 0.586. The van der Waals surface area contributed by atoms with Gasteiger partial charge in [-0.1, -0.05) is 36.4 Å². The van der Waals surface area contributed by atoms with Crippen LogP contribution in [-0.4, -0.2) is 30.0 Å². The Hall–Kier alpha value is -2.57. The summed E-state index contributed by atoms with van der Waals surface area (Å²) in [5, 5.41) is 10.1. The molecule has 24 heavy (non-hydrogen) atoms. The van der Waals surface area contributed by atoms with Crippen molar-refractivity contribution in [2.45, 2.75) is 25.2 Å². The number of benzene rings is 2. The summed E-state index contributed by atoms with van der Waals surface area (Å²) in [6.45, 7) is 0.298. The highest BCUT2D eigenvalue weighted by molar-refractivity contribution is 5.75. The predicted molar refractivity (Wildman–Crippen MR) is 86.5 cm³/mol. The molecule has 2 aromatic carbocycles. The minimum atomic E-state index is -1.39. The van der Waals surface area contributed by atoms with Crippen molar-refractivity contribution in [1.82, 2.24) is 0 Å². The van der Waals surface area contributed by atoms with E-state index in [1.807, 2.05) is 36.4 Å². The summed E-state index contributed by atoms with van der Waals surface area (Å²) in [5.41, 5.74) is 7.64. The average molecular weight is 329 g/mol. The molecule has 0 fully saturated rings. The molecule has 0 spiro atoms. The summed E-state index contributed by atoms with van der Waals surface area (Å²) in [4.78, 5) is 11.9. The van der Waals surface area contributed by atoms with Crippen LogP contribution in [0.5, 0.6) is 11.5 Å². The van der Waals surface area contributed by atoms with E-state index in [0.717, 1.165) is 11.1 Å². The molecule has 2 unspecified atom stereocenters. The maximum Gasteiger partial charge on any atom is 0.336 e. The third kappa shape index (κ3) is 3.84. The number of rotatable bonds is 6. The van der Waals surface area contributed by atoms with Crippen LogP contribution in [0.4, 0.5) is 0 Å². The normalized spacial score (nSPS) is 14.9. The molecule has 0 radical (unpaired) electrons. The van der Waals surface area contributed by atoms with E-state index in [9.17, 15) is 9.90 Å². The molecular formula is C18H19NO5. The number of fused-ring (bicyclic) bond motifs is 1. The van der Waals surface area contributed by atoms with Gasteiger partial charge in [0, 0.05) is 6.04 Å². The Morgan fingerprint density at radius 2 is 1.88 bits per heavy atom. The fraction of sp³-hybridized carbons (Fsp3) is 0.278. The van der Waals surface area contributed by atoms with Crippen LogP contribution >= 0.6 is 0 Å². The van der Waals surface area contributed by atoms with Crippen LogP contribution in [0, 0.1) is 0 Å². The van der Waals surface area contributed by atoms with Crippen molar-refractivity contribution in [1.29, 1.82) is 0 Å². The van der Waals surface area contributed by atoms with E-state index in [2.05, 4.69) is 0 Å². The summed E-state index contributed by atoms with van der Waals surface area (Å²) in [6.07, 6.45) is -1.07. The Labute approximate surface area is 139 Å². The highest BCUT2D eigenvalue weighted by atomic mass is 16.7. The predicted octanol–water partition coefficient (Wildman–Crippen LogP) is 1.39. The van der Waals surface area contributed by atoms with Gasteiger partial charge in [0.2, 0.25) is 6.79 Å². The average Bonchev–Trinajstić information content (AvgIpc) is 3.07. The van der Waals surface area contributed by atoms with Gasteiger partial charge in [0.05, 0.1) is 0 Å². The molecule has 1 aliphatic rings. The molecule has 2 aromatic rings. The SMILES string of the molecule is NC(Cc1ccc2c(c1)OCO2)C(O)C(=O)OCc1ccccc1. The molecule has 1 heterocycles. The molecule has 0 bridgehead atoms. The Kier molecular flexibility index (Phi) is 4.98. The van der Waals surface area contributed by atoms with Gasteiger partial charge in [-0.05, 0) is 29.7 Å². The van der Waals surface area contributed by atoms with Crippen LogP contribution in [0.15, 0.2) is 48.5 Å². The van der Waals surface area contributed by atoms with Gasteiger partial charge in [0.25, 0.3) is 0 Å². The lowest BCUT2D eigenvalue weighted by molar-refractivity contribution is -0.156. The highest BCUT2D eigenvalue weighted by Gasteiger charge is 2.25. The van der Waals surface area contributed by atoms with E-state index >= 15 is 0 Å². The number of aliphatic hydroxyl groups excluding tert-OH is 1. The number of carbonyl (C=O) groups is 1. The second-order valence-corrected chi connectivity index (χ2v) is 5.59. The van der Waals surface area contributed by atoms with Crippen molar-refractivity contribution in [2.24, 2.45) is 5.73 Å². The molecule has 0 saturated heterocycles. The smallest absolute Gasteiger partial charge is 0.336 e. The largest absolute Gasteiger partial charge is 0.459 e. The standard InChI is InChI=1S/C18H19NO5/c19-14(8-13-6-7-15-16(9-13)24-11-23-15)17(20)18(21)22-10-12-4-2-1-3-5-12/h1-7,9,14,17,20H,8,10-11,19H2. The van der Waals surface area contributed by atoms with E-state index in [1.165, 1.54) is 0 Å². The number of ether oxygens (including phenoxy) is 3. The number of hydrogen-bond donors (Lipinski definition) is 2. The second kappa shape index (κ2) is 7.33. The minimum absolute atomic E-state index is 0.105. The number of aliphatic hydroxyl groups is 1. The maximum absolute atomic E-state index is 11.9. The fourth-order valence-electron chi connectivity index (χ4n) is 2.44. The van der Waals surface area contributed by atoms with Crippen LogP contribution in [0.3, 0.4) is 0 Å². The first-order valence-electron chi connectivity index (χ1n) is 7.66. The first-order valence-corrected chi connectivity index (χ1v) is 7.66. The zero-order valence-electron chi connectivity index (χ0n) is 13.1. The highest BCUT2D eigenvalue weighted by Crippen LogP contribution is 2.32. The van der Waals surface area contributed by atoms with Crippen LogP contribution in [0.2, 0.25) is 0 Å². The zero-order valence-corrected chi connectivity index (χ0v) is 13.1. The zero-order chi connectivity index (χ0) is 16.9. The monoisotopic (exact) mass is 329 g/mol. The van der Waals surface area contributed by atoms with Gasteiger partial charge < -0.3 is 25.1 Å². The molecule has 3 rings (SSSR count). The van der Waals surface area contributed by atoms with Crippen LogP contribution in [-0.2, 0) is 22.6 Å². The number of hydrogen-bond acceptors (Lipinski definition) is 6. The van der Waals surface area contributed by atoms with Crippen molar-refractivity contribution in [3.05, 3.63) is 59.7 Å². The second-order valence-electron chi connectivity index (χ2n) is 5.59. The first-order chi connectivity index (χ1) is 11.6. The lowest BCUT2D eigenvalue weighted by Crippen LogP contribution is -2.42. The van der Waals surface area contributed by atoms with E-state index in [-0.39, 0.29) is 13.4 Å². The summed E-state index contributed by atoms with van der Waals surface area (Å²) in [6, 6.07) is 13.9. The van der Waals surface area contributed by atoms with Gasteiger partial charge in [-0.25, -0.2) is 4.79 Å². The molecule has 126 valence electrons.